The first-order valence-corrected chi connectivity index (χ1v) is 12.9. The molecule has 0 amide bonds. The van der Waals surface area contributed by atoms with Gasteiger partial charge < -0.3 is 14.4 Å². The average Bonchev–Trinajstić information content (AvgIpc) is 3.52. The third-order valence-electron chi connectivity index (χ3n) is 7.66. The van der Waals surface area contributed by atoms with Gasteiger partial charge in [0.25, 0.3) is 0 Å². The van der Waals surface area contributed by atoms with E-state index in [1.165, 1.54) is 12.1 Å². The smallest absolute Gasteiger partial charge is 0.123 e. The Bertz CT molecular complexity index is 1620. The van der Waals surface area contributed by atoms with Crippen molar-refractivity contribution in [1.82, 2.24) is 34.3 Å². The summed E-state index contributed by atoms with van der Waals surface area (Å²) in [6.07, 6.45) is 3.56. The fourth-order valence-corrected chi connectivity index (χ4v) is 5.96. The molecule has 38 heavy (non-hydrogen) atoms. The molecule has 1 aliphatic rings. The Balaban J connectivity index is 1.73. The summed E-state index contributed by atoms with van der Waals surface area (Å²) in [6.45, 7) is 6.77. The van der Waals surface area contributed by atoms with Crippen molar-refractivity contribution in [3.8, 4) is 11.3 Å². The maximum absolute atomic E-state index is 14.1. The van der Waals surface area contributed by atoms with Crippen LogP contribution in [0.15, 0.2) is 36.5 Å². The zero-order chi connectivity index (χ0) is 26.8. The van der Waals surface area contributed by atoms with E-state index in [9.17, 15) is 9.50 Å². The van der Waals surface area contributed by atoms with E-state index in [1.54, 1.807) is 23.2 Å². The Morgan fingerprint density at radius 3 is 2.42 bits per heavy atom. The molecule has 1 aliphatic heterocycles. The first-order chi connectivity index (χ1) is 18.1. The Hall–Kier alpha value is -3.63. The molecular weight excluding hydrogens is 485 g/mol. The summed E-state index contributed by atoms with van der Waals surface area (Å²) < 4.78 is 25.6. The standard InChI is InChI=1S/C28H32FN7O2/c1-16-23(35(5)33-31-16)19-14-21-22(30-15-19)25-26(27(28(2,3)37)32-34(25)4)36(21)24(18-10-12-38-13-11-18)17-6-8-20(29)9-7-17/h6-9,14-15,18,24,37H,10-13H2,1-5H3. The minimum Gasteiger partial charge on any atom is -0.384 e. The Labute approximate surface area is 219 Å². The van der Waals surface area contributed by atoms with Gasteiger partial charge in [-0.05, 0) is 63.3 Å². The van der Waals surface area contributed by atoms with Crippen molar-refractivity contribution in [3.05, 3.63) is 59.3 Å². The van der Waals surface area contributed by atoms with Gasteiger partial charge in [0.05, 0.1) is 28.5 Å². The predicted molar refractivity (Wildman–Crippen MR) is 142 cm³/mol. The first kappa shape index (κ1) is 24.7. The molecule has 9 nitrogen and oxygen atoms in total. The van der Waals surface area contributed by atoms with Crippen molar-refractivity contribution in [2.24, 2.45) is 20.0 Å². The van der Waals surface area contributed by atoms with E-state index in [1.807, 2.05) is 39.3 Å². The second-order valence-electron chi connectivity index (χ2n) is 10.8. The highest BCUT2D eigenvalue weighted by Gasteiger charge is 2.35. The summed E-state index contributed by atoms with van der Waals surface area (Å²) in [5.41, 5.74) is 6.37. The molecule has 1 aromatic carbocycles. The van der Waals surface area contributed by atoms with Crippen LogP contribution in [0.2, 0.25) is 0 Å². The van der Waals surface area contributed by atoms with E-state index in [4.69, 9.17) is 14.8 Å². The predicted octanol–water partition coefficient (Wildman–Crippen LogP) is 4.41. The minimum absolute atomic E-state index is 0.146. The summed E-state index contributed by atoms with van der Waals surface area (Å²) in [4.78, 5) is 4.94. The quantitative estimate of drug-likeness (QED) is 0.371. The Morgan fingerprint density at radius 2 is 1.79 bits per heavy atom. The zero-order valence-corrected chi connectivity index (χ0v) is 22.3. The van der Waals surface area contributed by atoms with Crippen LogP contribution in [0.4, 0.5) is 4.39 Å². The number of fused-ring (bicyclic) bond motifs is 3. The van der Waals surface area contributed by atoms with Gasteiger partial charge in [0.15, 0.2) is 0 Å². The zero-order valence-electron chi connectivity index (χ0n) is 22.3. The number of hydrogen-bond donors (Lipinski definition) is 1. The molecule has 5 aromatic rings. The fourth-order valence-electron chi connectivity index (χ4n) is 5.96. The average molecular weight is 518 g/mol. The Morgan fingerprint density at radius 1 is 1.08 bits per heavy atom. The van der Waals surface area contributed by atoms with Gasteiger partial charge in [0.2, 0.25) is 0 Å². The molecule has 0 aliphatic carbocycles. The number of aromatic nitrogens is 7. The van der Waals surface area contributed by atoms with Crippen molar-refractivity contribution in [3.63, 3.8) is 0 Å². The highest BCUT2D eigenvalue weighted by molar-refractivity contribution is 6.06. The topological polar surface area (TPSA) is 95.8 Å². The normalized spacial score (nSPS) is 16.1. The van der Waals surface area contributed by atoms with E-state index in [0.29, 0.717) is 18.9 Å². The van der Waals surface area contributed by atoms with Crippen LogP contribution >= 0.6 is 0 Å². The molecule has 1 saturated heterocycles. The number of halogens is 1. The van der Waals surface area contributed by atoms with Crippen molar-refractivity contribution in [1.29, 1.82) is 0 Å². The van der Waals surface area contributed by atoms with Gasteiger partial charge in [-0.15, -0.1) is 5.10 Å². The van der Waals surface area contributed by atoms with Crippen LogP contribution < -0.4 is 0 Å². The molecule has 1 atom stereocenters. The number of benzene rings is 1. The van der Waals surface area contributed by atoms with Crippen LogP contribution in [-0.4, -0.2) is 52.6 Å². The highest BCUT2D eigenvalue weighted by Crippen LogP contribution is 2.43. The van der Waals surface area contributed by atoms with Gasteiger partial charge in [0.1, 0.15) is 28.1 Å². The lowest BCUT2D eigenvalue weighted by molar-refractivity contribution is 0.0547. The summed E-state index contributed by atoms with van der Waals surface area (Å²) >= 11 is 0. The van der Waals surface area contributed by atoms with Crippen molar-refractivity contribution in [2.45, 2.75) is 45.3 Å². The van der Waals surface area contributed by atoms with Gasteiger partial charge >= 0.3 is 0 Å². The van der Waals surface area contributed by atoms with Gasteiger partial charge in [-0.2, -0.15) is 5.10 Å². The van der Waals surface area contributed by atoms with Gasteiger partial charge in [-0.25, -0.2) is 9.07 Å². The number of pyridine rings is 1. The van der Waals surface area contributed by atoms with E-state index < -0.39 is 5.60 Å². The lowest BCUT2D eigenvalue weighted by Gasteiger charge is -2.33. The van der Waals surface area contributed by atoms with Crippen LogP contribution in [0.1, 0.15) is 49.7 Å². The molecule has 1 N–H and O–H groups in total. The number of aliphatic hydroxyl groups is 1. The van der Waals surface area contributed by atoms with Crippen LogP contribution in [-0.2, 0) is 24.4 Å². The van der Waals surface area contributed by atoms with E-state index >= 15 is 0 Å². The summed E-state index contributed by atoms with van der Waals surface area (Å²) in [6, 6.07) is 8.72. The maximum atomic E-state index is 14.1. The highest BCUT2D eigenvalue weighted by atomic mass is 19.1. The van der Waals surface area contributed by atoms with Crippen LogP contribution in [0.3, 0.4) is 0 Å². The molecule has 6 rings (SSSR count). The molecule has 0 saturated carbocycles. The van der Waals surface area contributed by atoms with E-state index in [2.05, 4.69) is 20.9 Å². The number of aryl methyl sites for hydroxylation is 3. The third kappa shape index (κ3) is 3.90. The number of hydrogen-bond acceptors (Lipinski definition) is 6. The first-order valence-electron chi connectivity index (χ1n) is 12.9. The van der Waals surface area contributed by atoms with Crippen LogP contribution in [0, 0.1) is 18.7 Å². The molecule has 198 valence electrons. The van der Waals surface area contributed by atoms with Crippen LogP contribution in [0.5, 0.6) is 0 Å². The molecule has 0 bridgehead atoms. The Kier molecular flexibility index (Phi) is 5.84. The van der Waals surface area contributed by atoms with E-state index in [0.717, 1.165) is 57.4 Å². The van der Waals surface area contributed by atoms with Gasteiger partial charge in [0, 0.05) is 39.1 Å². The number of nitrogens with zero attached hydrogens (tertiary/aromatic N) is 7. The third-order valence-corrected chi connectivity index (χ3v) is 7.66. The summed E-state index contributed by atoms with van der Waals surface area (Å²) in [7, 11) is 3.75. The van der Waals surface area contributed by atoms with E-state index in [-0.39, 0.29) is 17.8 Å². The second-order valence-corrected chi connectivity index (χ2v) is 10.8. The molecule has 1 fully saturated rings. The number of ether oxygens (including phenoxy) is 1. The number of rotatable bonds is 5. The molecule has 5 heterocycles. The minimum atomic E-state index is -1.19. The lowest BCUT2D eigenvalue weighted by atomic mass is 9.86. The van der Waals surface area contributed by atoms with Crippen molar-refractivity contribution >= 4 is 22.1 Å². The van der Waals surface area contributed by atoms with Gasteiger partial charge in [-0.1, -0.05) is 17.3 Å². The lowest BCUT2D eigenvalue weighted by Crippen LogP contribution is -2.28. The molecule has 0 spiro atoms. The SMILES string of the molecule is Cc1nnn(C)c1-c1cnc2c3c(c(C(C)(C)O)nn3C)n(C(c3ccc(F)cc3)C3CCOCC3)c2c1. The molecular formula is C28H32FN7O2. The molecule has 10 heteroatoms. The summed E-state index contributed by atoms with van der Waals surface area (Å²) in [5.74, 6) is -0.0460. The monoisotopic (exact) mass is 517 g/mol. The van der Waals surface area contributed by atoms with Gasteiger partial charge in [-0.3, -0.25) is 9.67 Å². The van der Waals surface area contributed by atoms with Crippen LogP contribution in [0.25, 0.3) is 33.3 Å². The largest absolute Gasteiger partial charge is 0.384 e. The molecule has 4 aromatic heterocycles. The maximum Gasteiger partial charge on any atom is 0.123 e. The van der Waals surface area contributed by atoms with Crippen molar-refractivity contribution in [2.75, 3.05) is 13.2 Å². The summed E-state index contributed by atoms with van der Waals surface area (Å²) in [5, 5.41) is 24.4. The fraction of sp³-hybridized carbons (Fsp3) is 0.429. The van der Waals surface area contributed by atoms with Crippen molar-refractivity contribution < 1.29 is 14.2 Å². The second kappa shape index (κ2) is 8.99. The molecule has 1 unspecified atom stereocenters. The molecule has 0 radical (unpaired) electrons.